The molecular formula is C24H23FN8O2. The number of anilines is 3. The van der Waals surface area contributed by atoms with Crippen molar-refractivity contribution < 1.29 is 14.0 Å². The van der Waals surface area contributed by atoms with Crippen LogP contribution in [0.15, 0.2) is 73.3 Å². The fourth-order valence-electron chi connectivity index (χ4n) is 3.84. The minimum absolute atomic E-state index is 0.0709. The normalized spacial score (nSPS) is 15.1. The zero-order chi connectivity index (χ0) is 24.2. The minimum Gasteiger partial charge on any atom is -0.319 e. The van der Waals surface area contributed by atoms with Crippen LogP contribution >= 0.6 is 0 Å². The van der Waals surface area contributed by atoms with Crippen LogP contribution in [0, 0.1) is 5.82 Å². The molecule has 11 heteroatoms. The van der Waals surface area contributed by atoms with E-state index in [-0.39, 0.29) is 11.6 Å². The van der Waals surface area contributed by atoms with Gasteiger partial charge in [-0.2, -0.15) is 10.2 Å². The molecule has 1 fully saturated rings. The van der Waals surface area contributed by atoms with Crippen molar-refractivity contribution in [1.82, 2.24) is 24.9 Å². The van der Waals surface area contributed by atoms with E-state index in [1.165, 1.54) is 29.1 Å². The van der Waals surface area contributed by atoms with E-state index in [2.05, 4.69) is 31.5 Å². The molecule has 0 aliphatic carbocycles. The molecule has 0 saturated carbocycles. The Morgan fingerprint density at radius 1 is 0.971 bits per heavy atom. The molecule has 4 N–H and O–H groups in total. The molecule has 1 atom stereocenters. The maximum absolute atomic E-state index is 13.7. The molecule has 1 unspecified atom stereocenters. The number of rotatable bonds is 6. The van der Waals surface area contributed by atoms with Crippen molar-refractivity contribution in [3.05, 3.63) is 84.7 Å². The molecule has 0 radical (unpaired) electrons. The number of urea groups is 1. The third-order valence-electron chi connectivity index (χ3n) is 5.60. The van der Waals surface area contributed by atoms with Crippen molar-refractivity contribution in [2.24, 2.45) is 0 Å². The molecule has 1 saturated heterocycles. The predicted molar refractivity (Wildman–Crippen MR) is 129 cm³/mol. The van der Waals surface area contributed by atoms with E-state index in [9.17, 15) is 14.0 Å². The Hall–Kier alpha value is -4.51. The molecule has 35 heavy (non-hydrogen) atoms. The first kappa shape index (κ1) is 22.3. The first-order valence-corrected chi connectivity index (χ1v) is 11.1. The molecule has 178 valence electrons. The van der Waals surface area contributed by atoms with Crippen molar-refractivity contribution in [2.75, 3.05) is 29.0 Å². The average Bonchev–Trinajstić information content (AvgIpc) is 3.63. The number of para-hydroxylation sites is 1. The second-order valence-corrected chi connectivity index (χ2v) is 8.09. The summed E-state index contributed by atoms with van der Waals surface area (Å²) in [4.78, 5) is 25.0. The first-order valence-electron chi connectivity index (χ1n) is 11.1. The summed E-state index contributed by atoms with van der Waals surface area (Å²) >= 11 is 0. The summed E-state index contributed by atoms with van der Waals surface area (Å²) in [5, 5.41) is 19.8. The van der Waals surface area contributed by atoms with Crippen LogP contribution < -0.4 is 21.3 Å². The highest BCUT2D eigenvalue weighted by molar-refractivity contribution is 6.04. The Morgan fingerprint density at radius 3 is 2.63 bits per heavy atom. The number of nitrogens with zero attached hydrogens (tertiary/aromatic N) is 4. The average molecular weight is 475 g/mol. The molecule has 5 rings (SSSR count). The topological polar surface area (TPSA) is 118 Å². The lowest BCUT2D eigenvalue weighted by molar-refractivity contribution is 0.102. The Kier molecular flexibility index (Phi) is 6.22. The van der Waals surface area contributed by atoms with Gasteiger partial charge in [0.05, 0.1) is 47.4 Å². The van der Waals surface area contributed by atoms with Gasteiger partial charge in [-0.05, 0) is 43.3 Å². The summed E-state index contributed by atoms with van der Waals surface area (Å²) < 4.78 is 17.1. The fourth-order valence-corrected chi connectivity index (χ4v) is 3.84. The lowest BCUT2D eigenvalue weighted by atomic mass is 10.2. The number of halogens is 1. The molecule has 10 nitrogen and oxygen atoms in total. The van der Waals surface area contributed by atoms with Crippen LogP contribution in [0.5, 0.6) is 0 Å². The summed E-state index contributed by atoms with van der Waals surface area (Å²) in [5.41, 5.74) is 2.18. The lowest BCUT2D eigenvalue weighted by Gasteiger charge is -2.08. The van der Waals surface area contributed by atoms with E-state index in [0.717, 1.165) is 19.5 Å². The maximum atomic E-state index is 13.7. The Morgan fingerprint density at radius 2 is 1.80 bits per heavy atom. The SMILES string of the molecule is O=C(Nc1cnn(-c2cccc(C(=O)Nc3cnn(C4CCNC4)c3)c2)c1)Nc1ccccc1F. The van der Waals surface area contributed by atoms with Gasteiger partial charge in [-0.15, -0.1) is 0 Å². The summed E-state index contributed by atoms with van der Waals surface area (Å²) in [6.07, 6.45) is 7.52. The highest BCUT2D eigenvalue weighted by atomic mass is 19.1. The third-order valence-corrected chi connectivity index (χ3v) is 5.60. The van der Waals surface area contributed by atoms with Crippen molar-refractivity contribution in [3.63, 3.8) is 0 Å². The third kappa shape index (κ3) is 5.20. The van der Waals surface area contributed by atoms with E-state index in [4.69, 9.17) is 0 Å². The zero-order valence-corrected chi connectivity index (χ0v) is 18.6. The highest BCUT2D eigenvalue weighted by Crippen LogP contribution is 2.19. The van der Waals surface area contributed by atoms with Gasteiger partial charge < -0.3 is 21.3 Å². The number of nitrogens with one attached hydrogen (secondary N) is 4. The van der Waals surface area contributed by atoms with Gasteiger partial charge in [-0.25, -0.2) is 13.9 Å². The van der Waals surface area contributed by atoms with Gasteiger partial charge in [-0.1, -0.05) is 18.2 Å². The Labute approximate surface area is 200 Å². The Bertz CT molecular complexity index is 1360. The van der Waals surface area contributed by atoms with Gasteiger partial charge in [-0.3, -0.25) is 9.48 Å². The number of amides is 3. The minimum atomic E-state index is -0.600. The quantitative estimate of drug-likeness (QED) is 0.340. The van der Waals surface area contributed by atoms with Crippen molar-refractivity contribution >= 4 is 29.0 Å². The van der Waals surface area contributed by atoms with E-state index < -0.39 is 11.8 Å². The molecule has 0 spiro atoms. The smallest absolute Gasteiger partial charge is 0.319 e. The Balaban J connectivity index is 1.23. The van der Waals surface area contributed by atoms with Gasteiger partial charge in [0.2, 0.25) is 0 Å². The second kappa shape index (κ2) is 9.77. The molecule has 3 amide bonds. The van der Waals surface area contributed by atoms with Crippen LogP contribution in [0.25, 0.3) is 5.69 Å². The van der Waals surface area contributed by atoms with E-state index in [1.54, 1.807) is 42.7 Å². The number of hydrogen-bond acceptors (Lipinski definition) is 5. The fraction of sp³-hybridized carbons (Fsp3) is 0.167. The standard InChI is InChI=1S/C24H23FN8O2/c25-21-6-1-2-7-22(21)31-24(35)30-18-12-27-32(15-18)19-5-3-4-16(10-19)23(34)29-17-11-28-33(14-17)20-8-9-26-13-20/h1-7,10-12,14-15,20,26H,8-9,13H2,(H,29,34)(H2,30,31,35). The highest BCUT2D eigenvalue weighted by Gasteiger charge is 2.18. The van der Waals surface area contributed by atoms with E-state index >= 15 is 0 Å². The molecule has 2 aromatic heterocycles. The van der Waals surface area contributed by atoms with Gasteiger partial charge in [0.25, 0.3) is 5.91 Å². The molecule has 1 aliphatic heterocycles. The van der Waals surface area contributed by atoms with Crippen LogP contribution in [-0.4, -0.2) is 44.6 Å². The molecule has 3 heterocycles. The molecule has 0 bridgehead atoms. The van der Waals surface area contributed by atoms with Crippen LogP contribution in [-0.2, 0) is 0 Å². The van der Waals surface area contributed by atoms with Crippen molar-refractivity contribution in [1.29, 1.82) is 0 Å². The lowest BCUT2D eigenvalue weighted by Crippen LogP contribution is -2.19. The summed E-state index contributed by atoms with van der Waals surface area (Å²) in [7, 11) is 0. The summed E-state index contributed by atoms with van der Waals surface area (Å²) in [6, 6.07) is 12.5. The van der Waals surface area contributed by atoms with Gasteiger partial charge in [0.15, 0.2) is 0 Å². The number of hydrogen-bond donors (Lipinski definition) is 4. The monoisotopic (exact) mass is 474 g/mol. The maximum Gasteiger partial charge on any atom is 0.323 e. The van der Waals surface area contributed by atoms with Crippen molar-refractivity contribution in [2.45, 2.75) is 12.5 Å². The predicted octanol–water partition coefficient (Wildman–Crippen LogP) is 3.64. The van der Waals surface area contributed by atoms with Crippen LogP contribution in [0.3, 0.4) is 0 Å². The summed E-state index contributed by atoms with van der Waals surface area (Å²) in [5.74, 6) is -0.804. The molecule has 1 aliphatic rings. The van der Waals surface area contributed by atoms with Gasteiger partial charge in [0, 0.05) is 18.3 Å². The van der Waals surface area contributed by atoms with Crippen LogP contribution in [0.4, 0.5) is 26.2 Å². The van der Waals surface area contributed by atoms with Gasteiger partial charge in [0.1, 0.15) is 5.82 Å². The number of carbonyl (C=O) groups excluding carboxylic acids is 2. The number of carbonyl (C=O) groups is 2. The second-order valence-electron chi connectivity index (χ2n) is 8.09. The first-order chi connectivity index (χ1) is 17.0. The van der Waals surface area contributed by atoms with E-state index in [0.29, 0.717) is 28.7 Å². The van der Waals surface area contributed by atoms with Gasteiger partial charge >= 0.3 is 6.03 Å². The molecule has 4 aromatic rings. The van der Waals surface area contributed by atoms with Crippen LogP contribution in [0.2, 0.25) is 0 Å². The molecule has 2 aromatic carbocycles. The number of benzene rings is 2. The summed E-state index contributed by atoms with van der Waals surface area (Å²) in [6.45, 7) is 1.82. The largest absolute Gasteiger partial charge is 0.323 e. The number of aromatic nitrogens is 4. The van der Waals surface area contributed by atoms with Crippen molar-refractivity contribution in [3.8, 4) is 5.69 Å². The van der Waals surface area contributed by atoms with E-state index in [1.807, 2.05) is 10.9 Å². The molecular weight excluding hydrogens is 451 g/mol. The van der Waals surface area contributed by atoms with Crippen LogP contribution in [0.1, 0.15) is 22.8 Å². The zero-order valence-electron chi connectivity index (χ0n) is 18.6.